The van der Waals surface area contributed by atoms with Gasteiger partial charge in [-0.3, -0.25) is 0 Å². The molecule has 2 aromatic carbocycles. The molecular formula is C20H29NO. The third-order valence-electron chi connectivity index (χ3n) is 4.07. The molecule has 2 nitrogen and oxygen atoms in total. The fraction of sp³-hybridized carbons (Fsp3) is 0.400. The van der Waals surface area contributed by atoms with Crippen LogP contribution >= 0.6 is 0 Å². The lowest BCUT2D eigenvalue weighted by atomic mass is 9.91. The molecule has 0 atom stereocenters. The van der Waals surface area contributed by atoms with Gasteiger partial charge >= 0.3 is 0 Å². The first kappa shape index (κ1) is 18.4. The number of hydrogen-bond donors (Lipinski definition) is 1. The Morgan fingerprint density at radius 1 is 0.773 bits per heavy atom. The molecule has 0 aliphatic carbocycles. The summed E-state index contributed by atoms with van der Waals surface area (Å²) < 4.78 is 0. The van der Waals surface area contributed by atoms with Crippen LogP contribution in [-0.4, -0.2) is 18.6 Å². The van der Waals surface area contributed by atoms with Crippen LogP contribution in [0.4, 0.5) is 0 Å². The number of nitrogens with two attached hydrogens (primary N) is 1. The second-order valence-electron chi connectivity index (χ2n) is 5.75. The Kier molecular flexibility index (Phi) is 9.20. The maximum absolute atomic E-state index is 2.49. The van der Waals surface area contributed by atoms with E-state index in [4.69, 9.17) is 0 Å². The first-order valence-corrected chi connectivity index (χ1v) is 8.33. The maximum atomic E-state index is 2.49. The molecule has 0 aliphatic heterocycles. The maximum Gasteiger partial charge on any atom is 0.0866 e. The van der Waals surface area contributed by atoms with E-state index in [-0.39, 0.29) is 5.48 Å². The van der Waals surface area contributed by atoms with E-state index in [1.165, 1.54) is 43.4 Å². The van der Waals surface area contributed by atoms with Crippen LogP contribution < -0.4 is 5.32 Å². The van der Waals surface area contributed by atoms with E-state index in [2.05, 4.69) is 72.9 Å². The highest BCUT2D eigenvalue weighted by atomic mass is 16.0. The average Bonchev–Trinajstić information content (AvgIpc) is 2.56. The third kappa shape index (κ3) is 6.00. The van der Waals surface area contributed by atoms with Gasteiger partial charge in [0.25, 0.3) is 0 Å². The van der Waals surface area contributed by atoms with Crippen LogP contribution in [0.3, 0.4) is 0 Å². The summed E-state index contributed by atoms with van der Waals surface area (Å²) in [5.41, 5.74) is 2.85. The zero-order valence-electron chi connectivity index (χ0n) is 13.6. The summed E-state index contributed by atoms with van der Waals surface area (Å²) in [5.74, 6) is 0.499. The van der Waals surface area contributed by atoms with Crippen LogP contribution in [0.1, 0.15) is 49.7 Å². The van der Waals surface area contributed by atoms with Crippen molar-refractivity contribution in [3.8, 4) is 0 Å². The Morgan fingerprint density at radius 3 is 1.82 bits per heavy atom. The molecule has 0 amide bonds. The van der Waals surface area contributed by atoms with E-state index in [0.29, 0.717) is 5.92 Å². The number of quaternary nitrogens is 1. The van der Waals surface area contributed by atoms with Crippen molar-refractivity contribution in [2.24, 2.45) is 0 Å². The SMILES string of the molecule is CCCCCC[NH2+]CC(c1ccccc1)c1ccccc1.[OH-]. The quantitative estimate of drug-likeness (QED) is 0.704. The van der Waals surface area contributed by atoms with Crippen molar-refractivity contribution in [3.63, 3.8) is 0 Å². The lowest BCUT2D eigenvalue weighted by Crippen LogP contribution is -2.85. The van der Waals surface area contributed by atoms with Gasteiger partial charge in [0.2, 0.25) is 0 Å². The van der Waals surface area contributed by atoms with Gasteiger partial charge in [-0.05, 0) is 24.0 Å². The molecule has 2 rings (SSSR count). The zero-order chi connectivity index (χ0) is 14.8. The minimum Gasteiger partial charge on any atom is -0.870 e. The largest absolute Gasteiger partial charge is 0.870 e. The molecule has 120 valence electrons. The van der Waals surface area contributed by atoms with Gasteiger partial charge in [-0.15, -0.1) is 0 Å². The summed E-state index contributed by atoms with van der Waals surface area (Å²) in [7, 11) is 0. The van der Waals surface area contributed by atoms with Gasteiger partial charge < -0.3 is 10.8 Å². The number of unbranched alkanes of at least 4 members (excludes halogenated alkanes) is 3. The van der Waals surface area contributed by atoms with E-state index >= 15 is 0 Å². The first-order chi connectivity index (χ1) is 10.4. The van der Waals surface area contributed by atoms with Crippen molar-refractivity contribution in [2.75, 3.05) is 13.1 Å². The topological polar surface area (TPSA) is 46.6 Å². The lowest BCUT2D eigenvalue weighted by Gasteiger charge is -2.16. The van der Waals surface area contributed by atoms with Crippen LogP contribution in [0.25, 0.3) is 0 Å². The van der Waals surface area contributed by atoms with Crippen LogP contribution in [-0.2, 0) is 0 Å². The fourth-order valence-corrected chi connectivity index (χ4v) is 2.84. The fourth-order valence-electron chi connectivity index (χ4n) is 2.84. The Morgan fingerprint density at radius 2 is 1.32 bits per heavy atom. The third-order valence-corrected chi connectivity index (χ3v) is 4.07. The Labute approximate surface area is 134 Å². The highest BCUT2D eigenvalue weighted by Crippen LogP contribution is 2.22. The summed E-state index contributed by atoms with van der Waals surface area (Å²) in [6, 6.07) is 21.8. The van der Waals surface area contributed by atoms with Crippen molar-refractivity contribution >= 4 is 0 Å². The Balaban J connectivity index is 0.00000242. The molecule has 0 saturated carbocycles. The van der Waals surface area contributed by atoms with Crippen molar-refractivity contribution in [3.05, 3.63) is 71.8 Å². The smallest absolute Gasteiger partial charge is 0.0866 e. The average molecular weight is 299 g/mol. The van der Waals surface area contributed by atoms with Gasteiger partial charge in [-0.2, -0.15) is 0 Å². The van der Waals surface area contributed by atoms with E-state index in [1.807, 2.05) is 0 Å². The molecule has 0 radical (unpaired) electrons. The van der Waals surface area contributed by atoms with Crippen LogP contribution in [0, 0.1) is 0 Å². The minimum absolute atomic E-state index is 0. The van der Waals surface area contributed by atoms with E-state index in [9.17, 15) is 0 Å². The first-order valence-electron chi connectivity index (χ1n) is 8.33. The van der Waals surface area contributed by atoms with Gasteiger partial charge in [-0.1, -0.05) is 80.4 Å². The monoisotopic (exact) mass is 299 g/mol. The molecule has 0 saturated heterocycles. The van der Waals surface area contributed by atoms with Crippen LogP contribution in [0.5, 0.6) is 0 Å². The molecule has 22 heavy (non-hydrogen) atoms. The number of benzene rings is 2. The van der Waals surface area contributed by atoms with Crippen molar-refractivity contribution in [2.45, 2.75) is 38.5 Å². The van der Waals surface area contributed by atoms with Gasteiger partial charge in [0.05, 0.1) is 19.0 Å². The predicted octanol–water partition coefficient (Wildman–Crippen LogP) is 3.79. The van der Waals surface area contributed by atoms with E-state index < -0.39 is 0 Å². The lowest BCUT2D eigenvalue weighted by molar-refractivity contribution is -0.656. The molecule has 3 N–H and O–H groups in total. The Bertz CT molecular complexity index is 444. The van der Waals surface area contributed by atoms with Crippen molar-refractivity contribution in [1.82, 2.24) is 0 Å². The highest BCUT2D eigenvalue weighted by Gasteiger charge is 2.15. The molecule has 0 unspecified atom stereocenters. The van der Waals surface area contributed by atoms with Gasteiger partial charge in [0, 0.05) is 0 Å². The molecule has 0 bridgehead atoms. The number of hydrogen-bond acceptors (Lipinski definition) is 1. The molecular weight excluding hydrogens is 270 g/mol. The van der Waals surface area contributed by atoms with E-state index in [1.54, 1.807) is 0 Å². The normalized spacial score (nSPS) is 10.5. The molecule has 2 aromatic rings. The standard InChI is InChI=1S/C20H27N.H2O/c1-2-3-4-11-16-21-17-20(18-12-7-5-8-13-18)19-14-9-6-10-15-19;/h5-10,12-15,20-21H,2-4,11,16-17H2,1H3;1H2. The zero-order valence-corrected chi connectivity index (χ0v) is 13.6. The molecule has 2 heteroatoms. The van der Waals surface area contributed by atoms with Crippen molar-refractivity contribution < 1.29 is 10.8 Å². The van der Waals surface area contributed by atoms with Gasteiger partial charge in [0.1, 0.15) is 0 Å². The van der Waals surface area contributed by atoms with Crippen LogP contribution in [0.15, 0.2) is 60.7 Å². The molecule has 0 spiro atoms. The number of rotatable bonds is 9. The molecule has 0 heterocycles. The highest BCUT2D eigenvalue weighted by molar-refractivity contribution is 5.32. The minimum atomic E-state index is 0. The molecule has 0 aromatic heterocycles. The molecule has 0 aliphatic rings. The summed E-state index contributed by atoms with van der Waals surface area (Å²) in [5, 5.41) is 2.49. The van der Waals surface area contributed by atoms with Gasteiger partial charge in [-0.25, -0.2) is 0 Å². The van der Waals surface area contributed by atoms with Gasteiger partial charge in [0.15, 0.2) is 0 Å². The summed E-state index contributed by atoms with van der Waals surface area (Å²) in [4.78, 5) is 0. The van der Waals surface area contributed by atoms with Crippen molar-refractivity contribution in [1.29, 1.82) is 0 Å². The predicted molar refractivity (Wildman–Crippen MR) is 92.5 cm³/mol. The van der Waals surface area contributed by atoms with Crippen LogP contribution in [0.2, 0.25) is 0 Å². The van der Waals surface area contributed by atoms with E-state index in [0.717, 1.165) is 6.54 Å². The second-order valence-corrected chi connectivity index (χ2v) is 5.75. The second kappa shape index (κ2) is 11.0. The summed E-state index contributed by atoms with van der Waals surface area (Å²) in [6.07, 6.45) is 5.39. The summed E-state index contributed by atoms with van der Waals surface area (Å²) in [6.45, 7) is 4.65. The Hall–Kier alpha value is -1.64. The summed E-state index contributed by atoms with van der Waals surface area (Å²) >= 11 is 0. The molecule has 0 fully saturated rings.